The Kier molecular flexibility index (Phi) is 3.89. The second-order valence-corrected chi connectivity index (χ2v) is 3.19. The fraction of sp³-hybridized carbons (Fsp3) is 0.400. The maximum atomic E-state index is 12.7. The van der Waals surface area contributed by atoms with E-state index in [1.54, 1.807) is 0 Å². The molecule has 0 aromatic carbocycles. The topological polar surface area (TPSA) is 65.2 Å². The van der Waals surface area contributed by atoms with Gasteiger partial charge in [0, 0.05) is 6.54 Å². The molecule has 16 heavy (non-hydrogen) atoms. The summed E-state index contributed by atoms with van der Waals surface area (Å²) in [6.07, 6.45) is -2.77. The molecule has 0 spiro atoms. The van der Waals surface area contributed by atoms with E-state index in [4.69, 9.17) is 5.73 Å². The quantitative estimate of drug-likeness (QED) is 0.800. The van der Waals surface area contributed by atoms with Crippen molar-refractivity contribution >= 4 is 5.97 Å². The Hall–Kier alpha value is -1.56. The molecule has 1 aromatic rings. The lowest BCUT2D eigenvalue weighted by Crippen LogP contribution is -2.14. The van der Waals surface area contributed by atoms with Crippen molar-refractivity contribution < 1.29 is 18.3 Å². The van der Waals surface area contributed by atoms with Gasteiger partial charge in [0.2, 0.25) is 0 Å². The SMILES string of the molecule is COC(=O)c1nc(CN)cc(C)c1C(F)F. The van der Waals surface area contributed by atoms with Crippen molar-refractivity contribution in [2.45, 2.75) is 19.9 Å². The van der Waals surface area contributed by atoms with E-state index in [1.165, 1.54) is 13.0 Å². The van der Waals surface area contributed by atoms with E-state index in [0.717, 1.165) is 7.11 Å². The zero-order valence-electron chi connectivity index (χ0n) is 8.96. The van der Waals surface area contributed by atoms with Crippen LogP contribution in [0.25, 0.3) is 0 Å². The van der Waals surface area contributed by atoms with Gasteiger partial charge in [0.15, 0.2) is 5.69 Å². The van der Waals surface area contributed by atoms with Crippen molar-refractivity contribution in [3.05, 3.63) is 28.6 Å². The van der Waals surface area contributed by atoms with E-state index in [1.807, 2.05) is 0 Å². The van der Waals surface area contributed by atoms with E-state index in [9.17, 15) is 13.6 Å². The maximum absolute atomic E-state index is 12.7. The number of ether oxygens (including phenoxy) is 1. The van der Waals surface area contributed by atoms with Gasteiger partial charge in [0.25, 0.3) is 6.43 Å². The molecule has 0 unspecified atom stereocenters. The van der Waals surface area contributed by atoms with Crippen LogP contribution in [0, 0.1) is 6.92 Å². The number of methoxy groups -OCH3 is 1. The van der Waals surface area contributed by atoms with Gasteiger partial charge in [-0.1, -0.05) is 0 Å². The van der Waals surface area contributed by atoms with Gasteiger partial charge in [-0.25, -0.2) is 18.6 Å². The molecule has 0 saturated carbocycles. The van der Waals surface area contributed by atoms with Crippen LogP contribution in [-0.2, 0) is 11.3 Å². The second-order valence-electron chi connectivity index (χ2n) is 3.19. The Labute approximate surface area is 91.4 Å². The number of pyridine rings is 1. The number of carbonyl (C=O) groups excluding carboxylic acids is 1. The first-order chi connectivity index (χ1) is 7.51. The molecule has 1 aromatic heterocycles. The molecule has 0 radical (unpaired) electrons. The maximum Gasteiger partial charge on any atom is 0.357 e. The number of aromatic nitrogens is 1. The fourth-order valence-corrected chi connectivity index (χ4v) is 1.38. The van der Waals surface area contributed by atoms with Crippen LogP contribution in [0.4, 0.5) is 8.78 Å². The molecule has 1 rings (SSSR count). The van der Waals surface area contributed by atoms with Crippen LogP contribution in [-0.4, -0.2) is 18.1 Å². The lowest BCUT2D eigenvalue weighted by Gasteiger charge is -2.11. The van der Waals surface area contributed by atoms with E-state index in [-0.39, 0.29) is 17.8 Å². The van der Waals surface area contributed by atoms with Gasteiger partial charge in [-0.05, 0) is 18.6 Å². The number of aryl methyl sites for hydroxylation is 1. The lowest BCUT2D eigenvalue weighted by molar-refractivity contribution is 0.0581. The zero-order valence-corrected chi connectivity index (χ0v) is 8.96. The van der Waals surface area contributed by atoms with E-state index < -0.39 is 18.0 Å². The molecule has 1 heterocycles. The highest BCUT2D eigenvalue weighted by atomic mass is 19.3. The predicted octanol–water partition coefficient (Wildman–Crippen LogP) is 1.57. The summed E-state index contributed by atoms with van der Waals surface area (Å²) in [4.78, 5) is 15.1. The van der Waals surface area contributed by atoms with Crippen LogP contribution >= 0.6 is 0 Å². The fourth-order valence-electron chi connectivity index (χ4n) is 1.38. The highest BCUT2D eigenvalue weighted by molar-refractivity contribution is 5.89. The minimum atomic E-state index is -2.77. The minimum absolute atomic E-state index is 0.0777. The molecule has 88 valence electrons. The molecular formula is C10H12F2N2O2. The molecule has 0 aliphatic rings. The monoisotopic (exact) mass is 230 g/mol. The third kappa shape index (κ3) is 2.33. The number of hydrogen-bond acceptors (Lipinski definition) is 4. The summed E-state index contributed by atoms with van der Waals surface area (Å²) >= 11 is 0. The van der Waals surface area contributed by atoms with Crippen LogP contribution in [0.5, 0.6) is 0 Å². The first-order valence-corrected chi connectivity index (χ1v) is 4.58. The molecule has 0 fully saturated rings. The van der Waals surface area contributed by atoms with Gasteiger partial charge in [-0.3, -0.25) is 0 Å². The van der Waals surface area contributed by atoms with Gasteiger partial charge in [-0.15, -0.1) is 0 Å². The average Bonchev–Trinajstić information content (AvgIpc) is 2.26. The lowest BCUT2D eigenvalue weighted by atomic mass is 10.1. The van der Waals surface area contributed by atoms with Gasteiger partial charge in [-0.2, -0.15) is 0 Å². The first kappa shape index (κ1) is 12.5. The normalized spacial score (nSPS) is 10.6. The van der Waals surface area contributed by atoms with Crippen LogP contribution in [0.3, 0.4) is 0 Å². The highest BCUT2D eigenvalue weighted by Gasteiger charge is 2.23. The Morgan fingerprint density at radius 1 is 1.62 bits per heavy atom. The number of nitrogens with two attached hydrogens (primary N) is 1. The molecule has 0 aliphatic carbocycles. The number of carbonyl (C=O) groups is 1. The molecule has 0 saturated heterocycles. The van der Waals surface area contributed by atoms with Crippen LogP contribution in [0.1, 0.15) is 33.7 Å². The molecule has 2 N–H and O–H groups in total. The predicted molar refractivity (Wildman–Crippen MR) is 53.2 cm³/mol. The van der Waals surface area contributed by atoms with Crippen molar-refractivity contribution in [3.8, 4) is 0 Å². The van der Waals surface area contributed by atoms with Gasteiger partial charge < -0.3 is 10.5 Å². The van der Waals surface area contributed by atoms with Crippen LogP contribution in [0.15, 0.2) is 6.07 Å². The Morgan fingerprint density at radius 2 is 2.25 bits per heavy atom. The Morgan fingerprint density at radius 3 is 2.69 bits per heavy atom. The molecule has 6 heteroatoms. The summed E-state index contributed by atoms with van der Waals surface area (Å²) < 4.78 is 29.9. The number of nitrogens with zero attached hydrogens (tertiary/aromatic N) is 1. The molecule has 0 aliphatic heterocycles. The third-order valence-corrected chi connectivity index (χ3v) is 2.12. The highest BCUT2D eigenvalue weighted by Crippen LogP contribution is 2.26. The van der Waals surface area contributed by atoms with Crippen LogP contribution < -0.4 is 5.73 Å². The summed E-state index contributed by atoms with van der Waals surface area (Å²) in [7, 11) is 1.11. The van der Waals surface area contributed by atoms with Crippen molar-refractivity contribution in [1.82, 2.24) is 4.98 Å². The third-order valence-electron chi connectivity index (χ3n) is 2.12. The Balaban J connectivity index is 3.40. The molecule has 4 nitrogen and oxygen atoms in total. The van der Waals surface area contributed by atoms with Gasteiger partial charge in [0.1, 0.15) is 0 Å². The minimum Gasteiger partial charge on any atom is -0.464 e. The average molecular weight is 230 g/mol. The molecule has 0 bridgehead atoms. The molecular weight excluding hydrogens is 218 g/mol. The van der Waals surface area contributed by atoms with Crippen molar-refractivity contribution in [3.63, 3.8) is 0 Å². The number of rotatable bonds is 3. The zero-order chi connectivity index (χ0) is 12.3. The number of alkyl halides is 2. The number of esters is 1. The smallest absolute Gasteiger partial charge is 0.357 e. The van der Waals surface area contributed by atoms with E-state index in [0.29, 0.717) is 5.69 Å². The molecule has 0 amide bonds. The molecule has 0 atom stereocenters. The van der Waals surface area contributed by atoms with Gasteiger partial charge in [0.05, 0.1) is 18.4 Å². The standard InChI is InChI=1S/C10H12F2N2O2/c1-5-3-6(4-13)14-8(10(15)16-2)7(5)9(11)12/h3,9H,4,13H2,1-2H3. The summed E-state index contributed by atoms with van der Waals surface area (Å²) in [6.45, 7) is 1.56. The van der Waals surface area contributed by atoms with Crippen LogP contribution in [0.2, 0.25) is 0 Å². The van der Waals surface area contributed by atoms with E-state index in [2.05, 4.69) is 9.72 Å². The van der Waals surface area contributed by atoms with Crippen molar-refractivity contribution in [2.75, 3.05) is 7.11 Å². The summed E-state index contributed by atoms with van der Waals surface area (Å²) in [5.74, 6) is -0.881. The largest absolute Gasteiger partial charge is 0.464 e. The Bertz CT molecular complexity index is 408. The summed E-state index contributed by atoms with van der Waals surface area (Å²) in [6, 6.07) is 1.44. The number of halogens is 2. The van der Waals surface area contributed by atoms with Gasteiger partial charge >= 0.3 is 5.97 Å². The number of hydrogen-bond donors (Lipinski definition) is 1. The second kappa shape index (κ2) is 4.98. The van der Waals surface area contributed by atoms with Crippen molar-refractivity contribution in [1.29, 1.82) is 0 Å². The van der Waals surface area contributed by atoms with Crippen molar-refractivity contribution in [2.24, 2.45) is 5.73 Å². The first-order valence-electron chi connectivity index (χ1n) is 4.58. The summed E-state index contributed by atoms with van der Waals surface area (Å²) in [5.41, 5.74) is 5.25. The van der Waals surface area contributed by atoms with E-state index >= 15 is 0 Å². The summed E-state index contributed by atoms with van der Waals surface area (Å²) in [5, 5.41) is 0.